The number of hydrogen-bond acceptors (Lipinski definition) is 5. The molecule has 1 aliphatic heterocycles. The van der Waals surface area contributed by atoms with Crippen molar-refractivity contribution in [2.45, 2.75) is 24.2 Å². The lowest BCUT2D eigenvalue weighted by molar-refractivity contribution is 0.0450. The molecule has 162 valence electrons. The van der Waals surface area contributed by atoms with Crippen LogP contribution in [-0.4, -0.2) is 45.0 Å². The van der Waals surface area contributed by atoms with Gasteiger partial charge in [-0.15, -0.1) is 0 Å². The third kappa shape index (κ3) is 5.59. The van der Waals surface area contributed by atoms with Crippen molar-refractivity contribution in [2.75, 3.05) is 26.3 Å². The second-order valence-corrected chi connectivity index (χ2v) is 9.85. The summed E-state index contributed by atoms with van der Waals surface area (Å²) in [4.78, 5) is 12.4. The fraction of sp³-hybridized carbons (Fsp3) is 0.350. The molecule has 0 atom stereocenters. The average molecular weight is 493 g/mol. The van der Waals surface area contributed by atoms with E-state index in [1.165, 1.54) is 22.5 Å². The Morgan fingerprint density at radius 2 is 1.67 bits per heavy atom. The number of ether oxygens (including phenoxy) is 2. The molecule has 3 rings (SSSR count). The molecular formula is C20H20Cl3NO5S. The fourth-order valence-corrected chi connectivity index (χ4v) is 5.23. The molecular weight excluding hydrogens is 473 g/mol. The molecule has 0 saturated carbocycles. The Hall–Kier alpha value is -1.51. The molecule has 1 fully saturated rings. The number of halogens is 3. The Bertz CT molecular complexity index is 1020. The van der Waals surface area contributed by atoms with Gasteiger partial charge in [0.25, 0.3) is 0 Å². The summed E-state index contributed by atoms with van der Waals surface area (Å²) in [5.41, 5.74) is -0.0146. The Morgan fingerprint density at radius 3 is 2.37 bits per heavy atom. The molecule has 2 aromatic carbocycles. The van der Waals surface area contributed by atoms with E-state index in [0.29, 0.717) is 28.9 Å². The zero-order chi connectivity index (χ0) is 21.7. The first-order valence-electron chi connectivity index (χ1n) is 9.34. The van der Waals surface area contributed by atoms with Crippen molar-refractivity contribution in [1.82, 2.24) is 4.31 Å². The summed E-state index contributed by atoms with van der Waals surface area (Å²) in [6.45, 7) is 0.915. The molecule has 0 spiro atoms. The van der Waals surface area contributed by atoms with E-state index < -0.39 is 16.0 Å². The third-order valence-corrected chi connectivity index (χ3v) is 7.33. The van der Waals surface area contributed by atoms with Crippen LogP contribution in [-0.2, 0) is 14.8 Å². The van der Waals surface area contributed by atoms with Gasteiger partial charge in [-0.25, -0.2) is 13.2 Å². The van der Waals surface area contributed by atoms with Gasteiger partial charge in [-0.1, -0.05) is 41.2 Å². The highest BCUT2D eigenvalue weighted by Crippen LogP contribution is 2.28. The minimum atomic E-state index is -3.69. The van der Waals surface area contributed by atoms with Crippen LogP contribution in [0.4, 0.5) is 0 Å². The van der Waals surface area contributed by atoms with Crippen molar-refractivity contribution in [3.8, 4) is 5.75 Å². The Balaban J connectivity index is 1.63. The van der Waals surface area contributed by atoms with Crippen LogP contribution < -0.4 is 4.74 Å². The summed E-state index contributed by atoms with van der Waals surface area (Å²) in [5.74, 6) is -0.328. The number of rotatable bonds is 7. The highest BCUT2D eigenvalue weighted by atomic mass is 35.5. The quantitative estimate of drug-likeness (QED) is 0.399. The summed E-state index contributed by atoms with van der Waals surface area (Å²) in [6, 6.07) is 8.82. The van der Waals surface area contributed by atoms with Gasteiger partial charge in [0.1, 0.15) is 19.0 Å². The van der Waals surface area contributed by atoms with Crippen molar-refractivity contribution < 1.29 is 22.7 Å². The highest BCUT2D eigenvalue weighted by Gasteiger charge is 2.27. The molecule has 10 heteroatoms. The molecule has 30 heavy (non-hydrogen) atoms. The number of benzene rings is 2. The lowest BCUT2D eigenvalue weighted by atomic mass is 10.2. The molecule has 0 bridgehead atoms. The normalized spacial score (nSPS) is 15.0. The molecule has 1 saturated heterocycles. The smallest absolute Gasteiger partial charge is 0.339 e. The van der Waals surface area contributed by atoms with E-state index in [0.717, 1.165) is 19.3 Å². The largest absolute Gasteiger partial charge is 0.488 e. The van der Waals surface area contributed by atoms with Gasteiger partial charge in [0.15, 0.2) is 0 Å². The SMILES string of the molecule is O=C(OCCOc1ccc(Cl)cc1Cl)c1cc(S(=O)(=O)N2CCCCC2)ccc1Cl. The van der Waals surface area contributed by atoms with E-state index in [1.54, 1.807) is 18.2 Å². The highest BCUT2D eigenvalue weighted by molar-refractivity contribution is 7.89. The zero-order valence-corrected chi connectivity index (χ0v) is 19.0. The Kier molecular flexibility index (Phi) is 7.87. The van der Waals surface area contributed by atoms with Gasteiger partial charge in [0, 0.05) is 18.1 Å². The zero-order valence-electron chi connectivity index (χ0n) is 15.9. The average Bonchev–Trinajstić information content (AvgIpc) is 2.73. The summed E-state index contributed by atoms with van der Waals surface area (Å²) in [7, 11) is -3.69. The van der Waals surface area contributed by atoms with Gasteiger partial charge in [-0.2, -0.15) is 4.31 Å². The number of sulfonamides is 1. The molecule has 1 heterocycles. The van der Waals surface area contributed by atoms with Gasteiger partial charge in [-0.3, -0.25) is 0 Å². The maximum absolute atomic E-state index is 12.8. The second-order valence-electron chi connectivity index (χ2n) is 6.67. The number of carbonyl (C=O) groups is 1. The van der Waals surface area contributed by atoms with Crippen molar-refractivity contribution in [2.24, 2.45) is 0 Å². The van der Waals surface area contributed by atoms with Crippen LogP contribution in [0.2, 0.25) is 15.1 Å². The lowest BCUT2D eigenvalue weighted by Gasteiger charge is -2.26. The van der Waals surface area contributed by atoms with Crippen LogP contribution in [0, 0.1) is 0 Å². The van der Waals surface area contributed by atoms with Crippen LogP contribution in [0.3, 0.4) is 0 Å². The van der Waals surface area contributed by atoms with E-state index in [1.807, 2.05) is 0 Å². The Morgan fingerprint density at radius 1 is 0.933 bits per heavy atom. The molecule has 0 unspecified atom stereocenters. The molecule has 0 N–H and O–H groups in total. The van der Waals surface area contributed by atoms with E-state index in [2.05, 4.69) is 0 Å². The molecule has 2 aromatic rings. The van der Waals surface area contributed by atoms with E-state index in [-0.39, 0.29) is 28.7 Å². The molecule has 0 amide bonds. The van der Waals surface area contributed by atoms with Gasteiger partial charge in [-0.05, 0) is 49.2 Å². The van der Waals surface area contributed by atoms with Gasteiger partial charge >= 0.3 is 5.97 Å². The van der Waals surface area contributed by atoms with E-state index in [9.17, 15) is 13.2 Å². The van der Waals surface area contributed by atoms with Crippen molar-refractivity contribution >= 4 is 50.8 Å². The first-order chi connectivity index (χ1) is 14.3. The number of esters is 1. The maximum atomic E-state index is 12.8. The van der Waals surface area contributed by atoms with Gasteiger partial charge < -0.3 is 9.47 Å². The molecule has 0 aliphatic carbocycles. The van der Waals surface area contributed by atoms with Crippen LogP contribution in [0.5, 0.6) is 5.75 Å². The number of carbonyl (C=O) groups excluding carboxylic acids is 1. The van der Waals surface area contributed by atoms with Crippen molar-refractivity contribution in [3.63, 3.8) is 0 Å². The molecule has 0 radical (unpaired) electrons. The number of hydrogen-bond donors (Lipinski definition) is 0. The monoisotopic (exact) mass is 491 g/mol. The maximum Gasteiger partial charge on any atom is 0.339 e. The van der Waals surface area contributed by atoms with E-state index >= 15 is 0 Å². The summed E-state index contributed by atoms with van der Waals surface area (Å²) in [6.07, 6.45) is 2.65. The van der Waals surface area contributed by atoms with Crippen LogP contribution in [0.15, 0.2) is 41.3 Å². The summed E-state index contributed by atoms with van der Waals surface area (Å²) >= 11 is 17.9. The number of nitrogens with zero attached hydrogens (tertiary/aromatic N) is 1. The minimum Gasteiger partial charge on any atom is -0.488 e. The van der Waals surface area contributed by atoms with Crippen LogP contribution >= 0.6 is 34.8 Å². The summed E-state index contributed by atoms with van der Waals surface area (Å²) < 4.78 is 37.7. The van der Waals surface area contributed by atoms with Gasteiger partial charge in [0.05, 0.1) is 20.5 Å². The third-order valence-electron chi connectivity index (χ3n) is 4.58. The standard InChI is InChI=1S/C20H20Cl3NO5S/c21-14-4-7-19(18(23)12-14)28-10-11-29-20(25)16-13-15(5-6-17(16)22)30(26,27)24-8-2-1-3-9-24/h4-7,12-13H,1-3,8-11H2. The summed E-state index contributed by atoms with van der Waals surface area (Å²) in [5, 5.41) is 0.930. The van der Waals surface area contributed by atoms with Crippen LogP contribution in [0.1, 0.15) is 29.6 Å². The van der Waals surface area contributed by atoms with E-state index in [4.69, 9.17) is 44.3 Å². The van der Waals surface area contributed by atoms with Crippen LogP contribution in [0.25, 0.3) is 0 Å². The Labute approximate surface area is 190 Å². The van der Waals surface area contributed by atoms with Crippen molar-refractivity contribution in [3.05, 3.63) is 57.0 Å². The lowest BCUT2D eigenvalue weighted by Crippen LogP contribution is -2.35. The first-order valence-corrected chi connectivity index (χ1v) is 11.9. The topological polar surface area (TPSA) is 72.9 Å². The predicted octanol–water partition coefficient (Wildman–Crippen LogP) is 5.06. The van der Waals surface area contributed by atoms with Gasteiger partial charge in [0.2, 0.25) is 10.0 Å². The second kappa shape index (κ2) is 10.2. The molecule has 0 aromatic heterocycles. The fourth-order valence-electron chi connectivity index (χ4n) is 3.03. The predicted molar refractivity (Wildman–Crippen MR) is 116 cm³/mol. The number of piperidine rings is 1. The molecule has 1 aliphatic rings. The van der Waals surface area contributed by atoms with Crippen molar-refractivity contribution in [1.29, 1.82) is 0 Å². The minimum absolute atomic E-state index is 0.0146. The molecule has 6 nitrogen and oxygen atoms in total. The first kappa shape index (κ1) is 23.2.